The Labute approximate surface area is 199 Å². The summed E-state index contributed by atoms with van der Waals surface area (Å²) < 4.78 is 74.1. The van der Waals surface area contributed by atoms with Crippen molar-refractivity contribution >= 4 is 11.6 Å². The van der Waals surface area contributed by atoms with Gasteiger partial charge in [0.05, 0.1) is 24.8 Å². The number of halogens is 5. The Balaban J connectivity index is 1.41. The number of hydrogen-bond donors (Lipinski definition) is 2. The third-order valence-corrected chi connectivity index (χ3v) is 6.15. The van der Waals surface area contributed by atoms with Gasteiger partial charge >= 0.3 is 12.8 Å². The van der Waals surface area contributed by atoms with E-state index < -0.39 is 30.5 Å². The Bertz CT molecular complexity index is 981. The van der Waals surface area contributed by atoms with Crippen molar-refractivity contribution in [1.29, 1.82) is 0 Å². The Morgan fingerprint density at radius 1 is 1.09 bits per heavy atom. The third-order valence-electron chi connectivity index (χ3n) is 6.15. The van der Waals surface area contributed by atoms with Crippen LogP contribution in [0.15, 0.2) is 48.5 Å². The van der Waals surface area contributed by atoms with Gasteiger partial charge in [-0.3, -0.25) is 4.79 Å². The zero-order valence-electron chi connectivity index (χ0n) is 18.7. The molecule has 2 heterocycles. The van der Waals surface area contributed by atoms with Gasteiger partial charge in [0.1, 0.15) is 11.9 Å². The van der Waals surface area contributed by atoms with E-state index in [2.05, 4.69) is 15.4 Å². The molecule has 0 aromatic heterocycles. The molecule has 0 aliphatic carbocycles. The Morgan fingerprint density at radius 3 is 2.34 bits per heavy atom. The lowest BCUT2D eigenvalue weighted by molar-refractivity contribution is -0.137. The van der Waals surface area contributed by atoms with Gasteiger partial charge in [0.25, 0.3) is 5.91 Å². The number of amides is 1. The van der Waals surface area contributed by atoms with E-state index in [1.54, 1.807) is 24.3 Å². The van der Waals surface area contributed by atoms with Crippen LogP contribution in [0.1, 0.15) is 22.3 Å². The van der Waals surface area contributed by atoms with E-state index in [1.165, 1.54) is 12.1 Å². The molecule has 2 aliphatic rings. The third kappa shape index (κ3) is 6.61. The number of nitrogens with one attached hydrogen (secondary N) is 2. The van der Waals surface area contributed by atoms with E-state index in [9.17, 15) is 26.7 Å². The fourth-order valence-corrected chi connectivity index (χ4v) is 4.17. The quantitative estimate of drug-likeness (QED) is 0.513. The summed E-state index contributed by atoms with van der Waals surface area (Å²) in [6.45, 7) is -0.502. The molecule has 0 unspecified atom stereocenters. The summed E-state index contributed by atoms with van der Waals surface area (Å²) in [5.41, 5.74) is 0.402. The van der Waals surface area contributed by atoms with Crippen LogP contribution in [0.5, 0.6) is 5.75 Å². The molecule has 0 saturated carbocycles. The molecular formula is C24H26F5N3O3. The summed E-state index contributed by atoms with van der Waals surface area (Å²) in [4.78, 5) is 14.2. The largest absolute Gasteiger partial charge is 0.489 e. The second kappa shape index (κ2) is 10.8. The number of nitrogens with zero attached hydrogens (tertiary/aromatic N) is 1. The van der Waals surface area contributed by atoms with E-state index in [-0.39, 0.29) is 18.3 Å². The summed E-state index contributed by atoms with van der Waals surface area (Å²) >= 11 is 0. The maximum Gasteiger partial charge on any atom is 0.416 e. The summed E-state index contributed by atoms with van der Waals surface area (Å²) in [5.74, 6) is 0.498. The van der Waals surface area contributed by atoms with Gasteiger partial charge in [-0.25, -0.2) is 0 Å². The van der Waals surface area contributed by atoms with Crippen LogP contribution in [0.25, 0.3) is 0 Å². The van der Waals surface area contributed by atoms with Crippen molar-refractivity contribution in [1.82, 2.24) is 10.6 Å². The molecule has 0 spiro atoms. The zero-order chi connectivity index (χ0) is 25.0. The molecule has 190 valence electrons. The topological polar surface area (TPSA) is 62.8 Å². The summed E-state index contributed by atoms with van der Waals surface area (Å²) in [6.07, 6.45) is -4.56. The number of carbonyl (C=O) groups excluding carboxylic acids is 1. The molecule has 6 nitrogen and oxygen atoms in total. The highest BCUT2D eigenvalue weighted by atomic mass is 19.4. The van der Waals surface area contributed by atoms with Gasteiger partial charge in [-0.2, -0.15) is 22.0 Å². The lowest BCUT2D eigenvalue weighted by Crippen LogP contribution is -2.48. The van der Waals surface area contributed by atoms with Crippen LogP contribution >= 0.6 is 0 Å². The molecule has 11 heteroatoms. The van der Waals surface area contributed by atoms with E-state index in [0.717, 1.165) is 25.2 Å². The molecule has 2 saturated heterocycles. The molecule has 2 aliphatic heterocycles. The molecule has 2 aromatic carbocycles. The lowest BCUT2D eigenvalue weighted by Gasteiger charge is -2.27. The van der Waals surface area contributed by atoms with Crippen LogP contribution in [0.2, 0.25) is 0 Å². The highest BCUT2D eigenvalue weighted by Crippen LogP contribution is 2.32. The predicted molar refractivity (Wildman–Crippen MR) is 119 cm³/mol. The van der Waals surface area contributed by atoms with E-state index >= 15 is 0 Å². The maximum absolute atomic E-state index is 12.8. The number of carbonyl (C=O) groups is 1. The molecule has 4 rings (SSSR count). The molecule has 0 radical (unpaired) electrons. The van der Waals surface area contributed by atoms with Crippen LogP contribution in [0.4, 0.5) is 27.6 Å². The highest BCUT2D eigenvalue weighted by Gasteiger charge is 2.35. The van der Waals surface area contributed by atoms with Crippen LogP contribution in [0, 0.1) is 5.92 Å². The number of alkyl halides is 5. The highest BCUT2D eigenvalue weighted by molar-refractivity contribution is 5.94. The van der Waals surface area contributed by atoms with Crippen molar-refractivity contribution in [3.8, 4) is 5.75 Å². The first-order valence-corrected chi connectivity index (χ1v) is 11.3. The smallest absolute Gasteiger partial charge is 0.416 e. The Kier molecular flexibility index (Phi) is 7.75. The van der Waals surface area contributed by atoms with Crippen molar-refractivity contribution in [2.24, 2.45) is 5.92 Å². The van der Waals surface area contributed by atoms with Gasteiger partial charge < -0.3 is 25.0 Å². The molecule has 2 atom stereocenters. The minimum Gasteiger partial charge on any atom is -0.489 e. The van der Waals surface area contributed by atoms with Crippen LogP contribution in [0.3, 0.4) is 0 Å². The van der Waals surface area contributed by atoms with Gasteiger partial charge in [0, 0.05) is 43.2 Å². The van der Waals surface area contributed by atoms with Crippen LogP contribution in [-0.4, -0.2) is 57.5 Å². The standard InChI is InChI=1S/C24H26F5N3O3/c25-23(26)34-14-19-9-21(35-20-7-3-17(4-8-20)24(27,28)29)13-32(19)18-5-1-16(2-6-18)22(33)31-12-15-10-30-11-15/h1-8,15,19,21,23,30H,9-14H2,(H,31,33)/t19-,21-/m0/s1. The van der Waals surface area contributed by atoms with Gasteiger partial charge in [-0.05, 0) is 48.5 Å². The van der Waals surface area contributed by atoms with Crippen molar-refractivity contribution in [3.63, 3.8) is 0 Å². The second-order valence-corrected chi connectivity index (χ2v) is 8.68. The minimum absolute atomic E-state index is 0.189. The van der Waals surface area contributed by atoms with E-state index in [0.29, 0.717) is 36.7 Å². The van der Waals surface area contributed by atoms with Crippen molar-refractivity contribution in [2.75, 3.05) is 37.7 Å². The molecule has 2 fully saturated rings. The average Bonchev–Trinajstić information content (AvgIpc) is 3.19. The van der Waals surface area contributed by atoms with Crippen molar-refractivity contribution in [3.05, 3.63) is 59.7 Å². The fraction of sp³-hybridized carbons (Fsp3) is 0.458. The number of hydrogen-bond acceptors (Lipinski definition) is 5. The Hall–Kier alpha value is -2.92. The molecule has 35 heavy (non-hydrogen) atoms. The normalized spacial score (nSPS) is 20.7. The van der Waals surface area contributed by atoms with Crippen LogP contribution < -0.4 is 20.3 Å². The minimum atomic E-state index is -4.45. The fourth-order valence-electron chi connectivity index (χ4n) is 4.17. The molecule has 2 N–H and O–H groups in total. The molecule has 2 aromatic rings. The van der Waals surface area contributed by atoms with Gasteiger partial charge in [-0.15, -0.1) is 0 Å². The zero-order valence-corrected chi connectivity index (χ0v) is 18.7. The van der Waals surface area contributed by atoms with Crippen molar-refractivity contribution < 1.29 is 36.2 Å². The first-order chi connectivity index (χ1) is 16.7. The monoisotopic (exact) mass is 499 g/mol. The molecule has 0 bridgehead atoms. The SMILES string of the molecule is O=C(NCC1CNC1)c1ccc(N2C[C@@H](Oc3ccc(C(F)(F)F)cc3)C[C@H]2COC(F)F)cc1. The lowest BCUT2D eigenvalue weighted by atomic mass is 10.0. The maximum atomic E-state index is 12.8. The summed E-state index contributed by atoms with van der Waals surface area (Å²) in [7, 11) is 0. The number of benzene rings is 2. The second-order valence-electron chi connectivity index (χ2n) is 8.68. The number of ether oxygens (including phenoxy) is 2. The Morgan fingerprint density at radius 2 is 1.77 bits per heavy atom. The van der Waals surface area contributed by atoms with Crippen molar-refractivity contribution in [2.45, 2.75) is 31.4 Å². The van der Waals surface area contributed by atoms with E-state index in [1.807, 2.05) is 4.90 Å². The van der Waals surface area contributed by atoms with E-state index in [4.69, 9.17) is 4.74 Å². The summed E-state index contributed by atoms with van der Waals surface area (Å²) in [6, 6.07) is 10.7. The molecular weight excluding hydrogens is 473 g/mol. The predicted octanol–water partition coefficient (Wildman–Crippen LogP) is 3.92. The molecule has 1 amide bonds. The first kappa shape index (κ1) is 25.2. The number of anilines is 1. The van der Waals surface area contributed by atoms with Gasteiger partial charge in [0.15, 0.2) is 0 Å². The first-order valence-electron chi connectivity index (χ1n) is 11.3. The average molecular weight is 499 g/mol. The van der Waals surface area contributed by atoms with Gasteiger partial charge in [0.2, 0.25) is 0 Å². The summed E-state index contributed by atoms with van der Waals surface area (Å²) in [5, 5.41) is 6.04. The number of rotatable bonds is 9. The van der Waals surface area contributed by atoms with Gasteiger partial charge in [-0.1, -0.05) is 0 Å². The van der Waals surface area contributed by atoms with Crippen LogP contribution in [-0.2, 0) is 10.9 Å².